The Hall–Kier alpha value is -1.98. The minimum Gasteiger partial charge on any atom is -0.492 e. The van der Waals surface area contributed by atoms with Gasteiger partial charge in [0.15, 0.2) is 0 Å². The Labute approximate surface area is 162 Å². The third-order valence-electron chi connectivity index (χ3n) is 3.75. The van der Waals surface area contributed by atoms with Gasteiger partial charge in [-0.25, -0.2) is 0 Å². The fourth-order valence-corrected chi connectivity index (χ4v) is 2.83. The lowest BCUT2D eigenvalue weighted by molar-refractivity contribution is -0.121. The van der Waals surface area contributed by atoms with E-state index in [2.05, 4.69) is 5.32 Å². The number of aryl methyl sites for hydroxylation is 2. The maximum Gasteiger partial charge on any atom is 0.250 e. The standard InChI is InChI=1S/C19H22Cl2N2O3/c1-14-7-10-23(19(25)12-14)9-3-8-22-18(24)4-2-11-26-17-6-5-15(20)13-16(17)21/h5-7,10,12-13H,2-4,8-9,11H2,1H3,(H,22,24). The number of benzene rings is 1. The van der Waals surface area contributed by atoms with Crippen LogP contribution >= 0.6 is 23.2 Å². The van der Waals surface area contributed by atoms with Crippen molar-refractivity contribution in [2.75, 3.05) is 13.2 Å². The quantitative estimate of drug-likeness (QED) is 0.655. The molecule has 0 saturated heterocycles. The van der Waals surface area contributed by atoms with Gasteiger partial charge in [-0.3, -0.25) is 9.59 Å². The minimum absolute atomic E-state index is 0.0191. The van der Waals surface area contributed by atoms with Crippen LogP contribution in [0.3, 0.4) is 0 Å². The molecule has 1 aromatic heterocycles. The van der Waals surface area contributed by atoms with Crippen molar-refractivity contribution in [1.82, 2.24) is 9.88 Å². The second-order valence-electron chi connectivity index (χ2n) is 5.97. The van der Waals surface area contributed by atoms with E-state index < -0.39 is 0 Å². The number of hydrogen-bond donors (Lipinski definition) is 1. The molecule has 0 spiro atoms. The number of hydrogen-bond acceptors (Lipinski definition) is 3. The van der Waals surface area contributed by atoms with E-state index >= 15 is 0 Å². The Morgan fingerprint density at radius 1 is 1.19 bits per heavy atom. The van der Waals surface area contributed by atoms with E-state index in [9.17, 15) is 9.59 Å². The molecule has 1 N–H and O–H groups in total. The summed E-state index contributed by atoms with van der Waals surface area (Å²) in [5.74, 6) is 0.520. The molecule has 0 aliphatic carbocycles. The van der Waals surface area contributed by atoms with Crippen LogP contribution in [-0.2, 0) is 11.3 Å². The monoisotopic (exact) mass is 396 g/mol. The molecule has 0 aliphatic rings. The molecule has 7 heteroatoms. The van der Waals surface area contributed by atoms with Gasteiger partial charge < -0.3 is 14.6 Å². The highest BCUT2D eigenvalue weighted by Crippen LogP contribution is 2.27. The summed E-state index contributed by atoms with van der Waals surface area (Å²) < 4.78 is 7.18. The van der Waals surface area contributed by atoms with Crippen LogP contribution in [-0.4, -0.2) is 23.6 Å². The van der Waals surface area contributed by atoms with Gasteiger partial charge in [-0.05, 0) is 49.6 Å². The van der Waals surface area contributed by atoms with Gasteiger partial charge in [0.05, 0.1) is 11.6 Å². The van der Waals surface area contributed by atoms with Crippen molar-refractivity contribution in [3.8, 4) is 5.75 Å². The Bertz CT molecular complexity index is 806. The number of rotatable bonds is 9. The van der Waals surface area contributed by atoms with Gasteiger partial charge in [0.25, 0.3) is 5.56 Å². The first-order chi connectivity index (χ1) is 12.5. The van der Waals surface area contributed by atoms with Crippen LogP contribution in [0.5, 0.6) is 5.75 Å². The summed E-state index contributed by atoms with van der Waals surface area (Å²) in [6, 6.07) is 8.52. The average molecular weight is 397 g/mol. The van der Waals surface area contributed by atoms with Crippen LogP contribution in [0.2, 0.25) is 10.0 Å². The molecule has 140 valence electrons. The summed E-state index contributed by atoms with van der Waals surface area (Å²) in [6.07, 6.45) is 3.43. The third kappa shape index (κ3) is 6.73. The molecule has 5 nitrogen and oxygen atoms in total. The van der Waals surface area contributed by atoms with Crippen molar-refractivity contribution in [1.29, 1.82) is 0 Å². The molecule has 0 atom stereocenters. The molecular formula is C19H22Cl2N2O3. The van der Waals surface area contributed by atoms with Gasteiger partial charge in [-0.2, -0.15) is 0 Å². The number of amides is 1. The van der Waals surface area contributed by atoms with E-state index in [-0.39, 0.29) is 11.5 Å². The zero-order valence-electron chi connectivity index (χ0n) is 14.6. The number of ether oxygens (including phenoxy) is 1. The first kappa shape index (κ1) is 20.3. The molecule has 2 aromatic rings. The summed E-state index contributed by atoms with van der Waals surface area (Å²) in [7, 11) is 0. The summed E-state index contributed by atoms with van der Waals surface area (Å²) in [6.45, 7) is 3.39. The number of carbonyl (C=O) groups excluding carboxylic acids is 1. The van der Waals surface area contributed by atoms with Gasteiger partial charge in [-0.15, -0.1) is 0 Å². The fraction of sp³-hybridized carbons (Fsp3) is 0.368. The highest BCUT2D eigenvalue weighted by molar-refractivity contribution is 6.35. The van der Waals surface area contributed by atoms with Crippen LogP contribution in [0.4, 0.5) is 0 Å². The largest absolute Gasteiger partial charge is 0.492 e. The van der Waals surface area contributed by atoms with Crippen LogP contribution in [0.1, 0.15) is 24.8 Å². The minimum atomic E-state index is -0.0351. The van der Waals surface area contributed by atoms with Crippen molar-refractivity contribution in [2.45, 2.75) is 32.7 Å². The van der Waals surface area contributed by atoms with E-state index in [1.54, 1.807) is 35.0 Å². The van der Waals surface area contributed by atoms with E-state index in [1.807, 2.05) is 13.0 Å². The molecule has 0 unspecified atom stereocenters. The van der Waals surface area contributed by atoms with Crippen molar-refractivity contribution in [3.63, 3.8) is 0 Å². The second-order valence-corrected chi connectivity index (χ2v) is 6.81. The maximum atomic E-state index is 11.8. The van der Waals surface area contributed by atoms with Gasteiger partial charge in [0.1, 0.15) is 5.75 Å². The van der Waals surface area contributed by atoms with Gasteiger partial charge in [0.2, 0.25) is 5.91 Å². The molecule has 0 bridgehead atoms. The zero-order valence-corrected chi connectivity index (χ0v) is 16.1. The number of carbonyl (C=O) groups is 1. The Morgan fingerprint density at radius 3 is 2.73 bits per heavy atom. The number of nitrogens with zero attached hydrogens (tertiary/aromatic N) is 1. The summed E-state index contributed by atoms with van der Waals surface area (Å²) in [4.78, 5) is 23.6. The summed E-state index contributed by atoms with van der Waals surface area (Å²) in [5.41, 5.74) is 0.927. The van der Waals surface area contributed by atoms with Crippen molar-refractivity contribution in [2.24, 2.45) is 0 Å². The predicted octanol–water partition coefficient (Wildman–Crippen LogP) is 3.83. The van der Waals surface area contributed by atoms with E-state index in [0.717, 1.165) is 5.56 Å². The van der Waals surface area contributed by atoms with Gasteiger partial charge >= 0.3 is 0 Å². The third-order valence-corrected chi connectivity index (χ3v) is 4.28. The lowest BCUT2D eigenvalue weighted by Crippen LogP contribution is -2.27. The molecule has 1 amide bonds. The SMILES string of the molecule is Cc1ccn(CCCNC(=O)CCCOc2ccc(Cl)cc2Cl)c(=O)c1. The molecule has 0 aliphatic heterocycles. The average Bonchev–Trinajstić information content (AvgIpc) is 2.58. The molecule has 0 fully saturated rings. The van der Waals surface area contributed by atoms with E-state index in [0.29, 0.717) is 54.8 Å². The van der Waals surface area contributed by atoms with Crippen LogP contribution in [0.15, 0.2) is 41.3 Å². The van der Waals surface area contributed by atoms with E-state index in [4.69, 9.17) is 27.9 Å². The summed E-state index contributed by atoms with van der Waals surface area (Å²) in [5, 5.41) is 3.85. The first-order valence-electron chi connectivity index (χ1n) is 8.47. The zero-order chi connectivity index (χ0) is 18.9. The molecule has 1 heterocycles. The second kappa shape index (κ2) is 10.2. The predicted molar refractivity (Wildman–Crippen MR) is 104 cm³/mol. The van der Waals surface area contributed by atoms with Crippen molar-refractivity contribution in [3.05, 3.63) is 62.5 Å². The molecular weight excluding hydrogens is 375 g/mol. The normalized spacial score (nSPS) is 10.6. The highest BCUT2D eigenvalue weighted by atomic mass is 35.5. The molecule has 0 radical (unpaired) electrons. The lowest BCUT2D eigenvalue weighted by atomic mass is 10.3. The smallest absolute Gasteiger partial charge is 0.250 e. The van der Waals surface area contributed by atoms with Gasteiger partial charge in [0, 0.05) is 36.8 Å². The number of aromatic nitrogens is 1. The number of nitrogens with one attached hydrogen (secondary N) is 1. The molecule has 26 heavy (non-hydrogen) atoms. The Kier molecular flexibility index (Phi) is 8.01. The summed E-state index contributed by atoms with van der Waals surface area (Å²) >= 11 is 11.8. The number of halogens is 2. The Morgan fingerprint density at radius 2 is 2.00 bits per heavy atom. The van der Waals surface area contributed by atoms with E-state index in [1.165, 1.54) is 0 Å². The number of pyridine rings is 1. The highest BCUT2D eigenvalue weighted by Gasteiger charge is 2.04. The topological polar surface area (TPSA) is 60.3 Å². The molecule has 1 aromatic carbocycles. The molecule has 2 rings (SSSR count). The van der Waals surface area contributed by atoms with Crippen LogP contribution < -0.4 is 15.6 Å². The Balaban J connectivity index is 1.59. The van der Waals surface area contributed by atoms with Gasteiger partial charge in [-0.1, -0.05) is 23.2 Å². The molecule has 0 saturated carbocycles. The lowest BCUT2D eigenvalue weighted by Gasteiger charge is -2.09. The van der Waals surface area contributed by atoms with Crippen LogP contribution in [0.25, 0.3) is 0 Å². The first-order valence-corrected chi connectivity index (χ1v) is 9.23. The maximum absolute atomic E-state index is 11.8. The van der Waals surface area contributed by atoms with Crippen LogP contribution in [0, 0.1) is 6.92 Å². The van der Waals surface area contributed by atoms with Crippen molar-refractivity contribution < 1.29 is 9.53 Å². The fourth-order valence-electron chi connectivity index (χ4n) is 2.36. The van der Waals surface area contributed by atoms with Crippen molar-refractivity contribution >= 4 is 29.1 Å².